The Morgan fingerprint density at radius 3 is 2.56 bits per heavy atom. The van der Waals surface area contributed by atoms with Crippen LogP contribution in [-0.4, -0.2) is 34.8 Å². The Balaban J connectivity index is 2.90. The molecule has 1 heterocycles. The van der Waals surface area contributed by atoms with Crippen molar-refractivity contribution in [1.29, 1.82) is 0 Å². The van der Waals surface area contributed by atoms with Gasteiger partial charge in [0.2, 0.25) is 0 Å². The lowest BCUT2D eigenvalue weighted by atomic mass is 10.2. The average Bonchev–Trinajstić information content (AvgIpc) is 2.63. The van der Waals surface area contributed by atoms with Crippen LogP contribution in [0.25, 0.3) is 0 Å². The summed E-state index contributed by atoms with van der Waals surface area (Å²) < 4.78 is 24.3. The van der Waals surface area contributed by atoms with Crippen LogP contribution in [-0.2, 0) is 29.4 Å². The Bertz CT molecular complexity index is 497. The van der Waals surface area contributed by atoms with Gasteiger partial charge in [0.25, 0.3) is 0 Å². The monoisotopic (exact) mass is 294 g/mol. The summed E-state index contributed by atoms with van der Waals surface area (Å²) in [5, 5.41) is 13.9. The molecular weight excluding hydrogens is 276 g/mol. The van der Waals surface area contributed by atoms with Crippen LogP contribution in [0.3, 0.4) is 0 Å². The largest absolute Gasteiger partial charge is 0.391 e. The zero-order valence-electron chi connectivity index (χ0n) is 10.7. The Hall–Kier alpha value is -0.590. The van der Waals surface area contributed by atoms with Crippen LogP contribution in [0, 0.1) is 0 Å². The lowest BCUT2D eigenvalue weighted by molar-refractivity contribution is 0.280. The summed E-state index contributed by atoms with van der Waals surface area (Å²) in [7, 11) is -3.04. The van der Waals surface area contributed by atoms with Crippen molar-refractivity contribution in [3.63, 3.8) is 0 Å². The third-order valence-electron chi connectivity index (χ3n) is 2.76. The van der Waals surface area contributed by atoms with E-state index >= 15 is 0 Å². The number of aromatic nitrogens is 2. The van der Waals surface area contributed by atoms with Gasteiger partial charge in [-0.3, -0.25) is 4.68 Å². The van der Waals surface area contributed by atoms with Crippen LogP contribution in [0.1, 0.15) is 31.5 Å². The number of nitrogens with zero attached hydrogens (tertiary/aromatic N) is 2. The van der Waals surface area contributed by atoms with Crippen LogP contribution < -0.4 is 0 Å². The highest BCUT2D eigenvalue weighted by molar-refractivity contribution is 7.91. The molecule has 0 spiro atoms. The highest BCUT2D eigenvalue weighted by atomic mass is 35.5. The molecule has 1 aromatic rings. The van der Waals surface area contributed by atoms with E-state index < -0.39 is 9.84 Å². The van der Waals surface area contributed by atoms with Gasteiger partial charge in [-0.15, -0.1) is 0 Å². The third kappa shape index (κ3) is 3.70. The first kappa shape index (κ1) is 15.5. The maximum atomic E-state index is 11.4. The number of hydrogen-bond acceptors (Lipinski definition) is 4. The van der Waals surface area contributed by atoms with Gasteiger partial charge in [0, 0.05) is 11.3 Å². The summed E-state index contributed by atoms with van der Waals surface area (Å²) in [5.41, 5.74) is 1.35. The first-order valence-electron chi connectivity index (χ1n) is 6.00. The number of sulfone groups is 1. The van der Waals surface area contributed by atoms with E-state index in [0.29, 0.717) is 10.7 Å². The van der Waals surface area contributed by atoms with Crippen molar-refractivity contribution in [1.82, 2.24) is 9.78 Å². The standard InChI is InChI=1S/C11H19ClN2O3S/c1-3-5-10-9(8-15)11(12)14(13-10)6-7-18(16,17)4-2/h15H,3-8H2,1-2H3. The number of rotatable bonds is 7. The molecule has 0 aliphatic rings. The summed E-state index contributed by atoms with van der Waals surface area (Å²) in [4.78, 5) is 0. The molecule has 0 aliphatic carbocycles. The zero-order chi connectivity index (χ0) is 13.8. The topological polar surface area (TPSA) is 72.2 Å². The number of aliphatic hydroxyl groups excluding tert-OH is 1. The average molecular weight is 295 g/mol. The van der Waals surface area contributed by atoms with Gasteiger partial charge in [-0.2, -0.15) is 5.10 Å². The maximum Gasteiger partial charge on any atom is 0.151 e. The molecule has 0 atom stereocenters. The zero-order valence-corrected chi connectivity index (χ0v) is 12.3. The summed E-state index contributed by atoms with van der Waals surface area (Å²) in [5.74, 6) is 0.127. The number of halogens is 1. The normalized spacial score (nSPS) is 12.0. The molecule has 1 rings (SSSR count). The molecule has 0 radical (unpaired) electrons. The molecule has 0 aliphatic heterocycles. The van der Waals surface area contributed by atoms with Gasteiger partial charge < -0.3 is 5.11 Å². The quantitative estimate of drug-likeness (QED) is 0.825. The molecule has 18 heavy (non-hydrogen) atoms. The van der Waals surface area contributed by atoms with Crippen molar-refractivity contribution in [2.75, 3.05) is 11.5 Å². The van der Waals surface area contributed by atoms with Crippen molar-refractivity contribution >= 4 is 21.4 Å². The number of aryl methyl sites for hydroxylation is 2. The SMILES string of the molecule is CCCc1nn(CCS(=O)(=O)CC)c(Cl)c1CO. The van der Waals surface area contributed by atoms with E-state index in [9.17, 15) is 13.5 Å². The minimum absolute atomic E-state index is 0.0152. The van der Waals surface area contributed by atoms with Crippen molar-refractivity contribution in [2.45, 2.75) is 39.8 Å². The molecule has 104 valence electrons. The minimum atomic E-state index is -3.04. The van der Waals surface area contributed by atoms with Gasteiger partial charge in [-0.25, -0.2) is 8.42 Å². The fourth-order valence-electron chi connectivity index (χ4n) is 1.64. The lowest BCUT2D eigenvalue weighted by Crippen LogP contribution is -2.15. The summed E-state index contributed by atoms with van der Waals surface area (Å²) in [6.07, 6.45) is 1.62. The van der Waals surface area contributed by atoms with Crippen LogP contribution in [0.4, 0.5) is 0 Å². The molecule has 0 aromatic carbocycles. The second kappa shape index (κ2) is 6.54. The first-order chi connectivity index (χ1) is 8.45. The summed E-state index contributed by atoms with van der Waals surface area (Å²) in [6, 6.07) is 0. The molecule has 1 N–H and O–H groups in total. The van der Waals surface area contributed by atoms with Crippen molar-refractivity contribution in [2.24, 2.45) is 0 Å². The number of hydrogen-bond donors (Lipinski definition) is 1. The van der Waals surface area contributed by atoms with Crippen LogP contribution in [0.5, 0.6) is 0 Å². The van der Waals surface area contributed by atoms with E-state index in [4.69, 9.17) is 11.6 Å². The van der Waals surface area contributed by atoms with Crippen molar-refractivity contribution < 1.29 is 13.5 Å². The summed E-state index contributed by atoms with van der Waals surface area (Å²) in [6.45, 7) is 3.68. The predicted molar refractivity (Wildman–Crippen MR) is 71.5 cm³/mol. The molecule has 7 heteroatoms. The fourth-order valence-corrected chi connectivity index (χ4v) is 2.67. The smallest absolute Gasteiger partial charge is 0.151 e. The van der Waals surface area contributed by atoms with Crippen LogP contribution >= 0.6 is 11.6 Å². The molecule has 0 saturated carbocycles. The van der Waals surface area contributed by atoms with E-state index in [1.807, 2.05) is 6.92 Å². The van der Waals surface area contributed by atoms with Crippen LogP contribution in [0.15, 0.2) is 0 Å². The van der Waals surface area contributed by atoms with Crippen LogP contribution in [0.2, 0.25) is 5.15 Å². The summed E-state index contributed by atoms with van der Waals surface area (Å²) >= 11 is 6.08. The fraction of sp³-hybridized carbons (Fsp3) is 0.727. The van der Waals surface area contributed by atoms with E-state index in [-0.39, 0.29) is 24.7 Å². The van der Waals surface area contributed by atoms with Crippen molar-refractivity contribution in [3.05, 3.63) is 16.4 Å². The second-order valence-corrected chi connectivity index (χ2v) is 6.91. The van der Waals surface area contributed by atoms with E-state index in [1.165, 1.54) is 4.68 Å². The minimum Gasteiger partial charge on any atom is -0.391 e. The van der Waals surface area contributed by atoms with E-state index in [2.05, 4.69) is 5.10 Å². The third-order valence-corrected chi connectivity index (χ3v) is 4.87. The van der Waals surface area contributed by atoms with E-state index in [1.54, 1.807) is 6.92 Å². The van der Waals surface area contributed by atoms with Gasteiger partial charge in [0.15, 0.2) is 9.84 Å². The molecule has 5 nitrogen and oxygen atoms in total. The van der Waals surface area contributed by atoms with Gasteiger partial charge >= 0.3 is 0 Å². The van der Waals surface area contributed by atoms with Gasteiger partial charge in [0.1, 0.15) is 5.15 Å². The Morgan fingerprint density at radius 1 is 1.39 bits per heavy atom. The second-order valence-electron chi connectivity index (χ2n) is 4.08. The van der Waals surface area contributed by atoms with Gasteiger partial charge in [-0.1, -0.05) is 31.9 Å². The lowest BCUT2D eigenvalue weighted by Gasteiger charge is -2.03. The van der Waals surface area contributed by atoms with Crippen molar-refractivity contribution in [3.8, 4) is 0 Å². The highest BCUT2D eigenvalue weighted by Crippen LogP contribution is 2.21. The van der Waals surface area contributed by atoms with E-state index in [0.717, 1.165) is 18.5 Å². The van der Waals surface area contributed by atoms with Gasteiger partial charge in [-0.05, 0) is 6.42 Å². The highest BCUT2D eigenvalue weighted by Gasteiger charge is 2.16. The molecule has 1 aromatic heterocycles. The predicted octanol–water partition coefficient (Wildman–Crippen LogP) is 1.42. The molecule has 0 fully saturated rings. The molecule has 0 bridgehead atoms. The molecule has 0 unspecified atom stereocenters. The maximum absolute atomic E-state index is 11.4. The Labute approximate surface area is 113 Å². The number of aliphatic hydroxyl groups is 1. The Morgan fingerprint density at radius 2 is 2.06 bits per heavy atom. The molecular formula is C11H19ClN2O3S. The molecule has 0 saturated heterocycles. The first-order valence-corrected chi connectivity index (χ1v) is 8.20. The Kier molecular flexibility index (Phi) is 5.62. The van der Waals surface area contributed by atoms with Gasteiger partial charge in [0.05, 0.1) is 24.6 Å². The molecule has 0 amide bonds.